The average Bonchev–Trinajstić information content (AvgIpc) is 2.69. The molecule has 0 bridgehead atoms. The lowest BCUT2D eigenvalue weighted by atomic mass is 10.2. The van der Waals surface area contributed by atoms with Crippen LogP contribution in [0.15, 0.2) is 30.3 Å². The van der Waals surface area contributed by atoms with Crippen molar-refractivity contribution in [1.82, 2.24) is 9.44 Å². The van der Waals surface area contributed by atoms with Gasteiger partial charge in [0.25, 0.3) is 0 Å². The van der Waals surface area contributed by atoms with Crippen LogP contribution in [0.2, 0.25) is 0 Å². The van der Waals surface area contributed by atoms with E-state index in [0.717, 1.165) is 18.2 Å². The largest absolute Gasteiger partial charge is 0.368 e. The van der Waals surface area contributed by atoms with E-state index in [-0.39, 0.29) is 0 Å². The van der Waals surface area contributed by atoms with Crippen molar-refractivity contribution in [3.05, 3.63) is 30.3 Å². The Hall–Kier alpha value is -1.16. The molecule has 2 atom stereocenters. The molecular formula is C12H19N3O4S2. The van der Waals surface area contributed by atoms with Gasteiger partial charge in [-0.05, 0) is 12.1 Å². The number of anilines is 1. The van der Waals surface area contributed by atoms with E-state index in [1.165, 1.54) is 0 Å². The molecule has 0 amide bonds. The lowest BCUT2D eigenvalue weighted by Gasteiger charge is -2.18. The fourth-order valence-electron chi connectivity index (χ4n) is 2.44. The molecule has 118 valence electrons. The van der Waals surface area contributed by atoms with Crippen LogP contribution in [-0.4, -0.2) is 54.5 Å². The topological polar surface area (TPSA) is 95.6 Å². The Morgan fingerprint density at radius 3 is 1.71 bits per heavy atom. The van der Waals surface area contributed by atoms with Crippen LogP contribution in [0.1, 0.15) is 0 Å². The van der Waals surface area contributed by atoms with Crippen LogP contribution in [-0.2, 0) is 20.0 Å². The second kappa shape index (κ2) is 5.91. The molecule has 1 aliphatic heterocycles. The van der Waals surface area contributed by atoms with Gasteiger partial charge < -0.3 is 4.90 Å². The van der Waals surface area contributed by atoms with Crippen molar-refractivity contribution in [3.63, 3.8) is 0 Å². The van der Waals surface area contributed by atoms with Crippen LogP contribution in [0.5, 0.6) is 0 Å². The zero-order chi connectivity index (χ0) is 15.7. The maximum absolute atomic E-state index is 11.4. The predicted octanol–water partition coefficient (Wildman–Crippen LogP) is -0.658. The molecule has 7 nitrogen and oxygen atoms in total. The molecule has 1 aliphatic rings. The molecule has 9 heteroatoms. The molecular weight excluding hydrogens is 314 g/mol. The number of hydrogen-bond acceptors (Lipinski definition) is 5. The van der Waals surface area contributed by atoms with E-state index >= 15 is 0 Å². The Balaban J connectivity index is 2.20. The van der Waals surface area contributed by atoms with Gasteiger partial charge in [-0.1, -0.05) is 18.2 Å². The van der Waals surface area contributed by atoms with E-state index in [1.54, 1.807) is 0 Å². The van der Waals surface area contributed by atoms with Gasteiger partial charge in [-0.25, -0.2) is 26.3 Å². The van der Waals surface area contributed by atoms with Gasteiger partial charge in [0.05, 0.1) is 24.6 Å². The van der Waals surface area contributed by atoms with Crippen LogP contribution in [0, 0.1) is 0 Å². The molecule has 21 heavy (non-hydrogen) atoms. The minimum Gasteiger partial charge on any atom is -0.368 e. The molecule has 0 aliphatic carbocycles. The normalized spacial score (nSPS) is 23.4. The highest BCUT2D eigenvalue weighted by Crippen LogP contribution is 2.20. The van der Waals surface area contributed by atoms with Crippen molar-refractivity contribution in [2.24, 2.45) is 0 Å². The molecule has 1 heterocycles. The fraction of sp³-hybridized carbons (Fsp3) is 0.500. The summed E-state index contributed by atoms with van der Waals surface area (Å²) >= 11 is 0. The number of rotatable bonds is 5. The molecule has 0 spiro atoms. The first-order valence-electron chi connectivity index (χ1n) is 6.39. The third-order valence-electron chi connectivity index (χ3n) is 3.17. The van der Waals surface area contributed by atoms with E-state index in [0.29, 0.717) is 13.1 Å². The predicted molar refractivity (Wildman–Crippen MR) is 82.2 cm³/mol. The second-order valence-corrected chi connectivity index (χ2v) is 8.79. The first-order chi connectivity index (χ1) is 9.64. The fourth-order valence-corrected chi connectivity index (χ4v) is 4.02. The number of sulfonamides is 2. The SMILES string of the molecule is CS(=O)(=O)N[C@@H]1CN(c2ccccc2)C[C@H]1NS(C)(=O)=O. The van der Waals surface area contributed by atoms with Crippen molar-refractivity contribution in [3.8, 4) is 0 Å². The zero-order valence-electron chi connectivity index (χ0n) is 11.9. The first-order valence-corrected chi connectivity index (χ1v) is 10.2. The summed E-state index contributed by atoms with van der Waals surface area (Å²) in [5.74, 6) is 0. The van der Waals surface area contributed by atoms with Gasteiger partial charge in [-0.15, -0.1) is 0 Å². The highest BCUT2D eigenvalue weighted by Gasteiger charge is 2.36. The monoisotopic (exact) mass is 333 g/mol. The smallest absolute Gasteiger partial charge is 0.209 e. The van der Waals surface area contributed by atoms with Crippen molar-refractivity contribution in [1.29, 1.82) is 0 Å². The highest BCUT2D eigenvalue weighted by atomic mass is 32.2. The summed E-state index contributed by atoms with van der Waals surface area (Å²) in [5.41, 5.74) is 0.926. The Labute approximate surface area is 125 Å². The Bertz CT molecular complexity index is 646. The zero-order valence-corrected chi connectivity index (χ0v) is 13.5. The van der Waals surface area contributed by atoms with Crippen LogP contribution in [0.25, 0.3) is 0 Å². The molecule has 1 fully saturated rings. The lowest BCUT2D eigenvalue weighted by Crippen LogP contribution is -2.50. The number of benzene rings is 1. The Kier molecular flexibility index (Phi) is 4.57. The lowest BCUT2D eigenvalue weighted by molar-refractivity contribution is 0.510. The number of nitrogens with one attached hydrogen (secondary N) is 2. The maximum Gasteiger partial charge on any atom is 0.209 e. The Morgan fingerprint density at radius 1 is 0.905 bits per heavy atom. The number of nitrogens with zero attached hydrogens (tertiary/aromatic N) is 1. The Morgan fingerprint density at radius 2 is 1.33 bits per heavy atom. The van der Waals surface area contributed by atoms with Gasteiger partial charge in [0.2, 0.25) is 20.0 Å². The minimum atomic E-state index is -3.41. The molecule has 0 radical (unpaired) electrons. The summed E-state index contributed by atoms with van der Waals surface area (Å²) in [6.07, 6.45) is 2.13. The maximum atomic E-state index is 11.4. The first kappa shape index (κ1) is 16.2. The van der Waals surface area contributed by atoms with E-state index in [4.69, 9.17) is 0 Å². The number of para-hydroxylation sites is 1. The molecule has 2 rings (SSSR count). The molecule has 0 saturated carbocycles. The van der Waals surface area contributed by atoms with Gasteiger partial charge in [-0.3, -0.25) is 0 Å². The summed E-state index contributed by atoms with van der Waals surface area (Å²) in [4.78, 5) is 1.95. The molecule has 1 aromatic rings. The quantitative estimate of drug-likeness (QED) is 0.746. The van der Waals surface area contributed by atoms with Gasteiger partial charge in [0, 0.05) is 18.8 Å². The van der Waals surface area contributed by atoms with Crippen molar-refractivity contribution < 1.29 is 16.8 Å². The number of hydrogen-bond donors (Lipinski definition) is 2. The average molecular weight is 333 g/mol. The third-order valence-corrected chi connectivity index (χ3v) is 4.63. The standard InChI is InChI=1S/C12H19N3O4S2/c1-20(16,17)13-11-8-15(10-6-4-3-5-7-10)9-12(11)14-21(2,18)19/h3-7,11-14H,8-9H2,1-2H3/t11-,12-/m1/s1. The van der Waals surface area contributed by atoms with Gasteiger partial charge in [-0.2, -0.15) is 0 Å². The van der Waals surface area contributed by atoms with E-state index < -0.39 is 32.1 Å². The third kappa shape index (κ3) is 4.95. The van der Waals surface area contributed by atoms with Crippen LogP contribution in [0.3, 0.4) is 0 Å². The van der Waals surface area contributed by atoms with E-state index in [1.807, 2.05) is 35.2 Å². The van der Waals surface area contributed by atoms with Gasteiger partial charge in [0.15, 0.2) is 0 Å². The summed E-state index contributed by atoms with van der Waals surface area (Å²) in [6, 6.07) is 8.44. The van der Waals surface area contributed by atoms with Crippen LogP contribution >= 0.6 is 0 Å². The van der Waals surface area contributed by atoms with Crippen LogP contribution in [0.4, 0.5) is 5.69 Å². The molecule has 1 aromatic carbocycles. The molecule has 0 aromatic heterocycles. The second-order valence-electron chi connectivity index (χ2n) is 5.23. The van der Waals surface area contributed by atoms with Crippen LogP contribution < -0.4 is 14.3 Å². The molecule has 0 unspecified atom stereocenters. The van der Waals surface area contributed by atoms with E-state index in [2.05, 4.69) is 9.44 Å². The highest BCUT2D eigenvalue weighted by molar-refractivity contribution is 7.89. The summed E-state index contributed by atoms with van der Waals surface area (Å²) in [6.45, 7) is 0.814. The van der Waals surface area contributed by atoms with Crippen molar-refractivity contribution in [2.75, 3.05) is 30.5 Å². The molecule has 1 saturated heterocycles. The minimum absolute atomic E-state index is 0.407. The summed E-state index contributed by atoms with van der Waals surface area (Å²) in [7, 11) is -6.83. The summed E-state index contributed by atoms with van der Waals surface area (Å²) < 4.78 is 50.7. The van der Waals surface area contributed by atoms with Gasteiger partial charge >= 0.3 is 0 Å². The van der Waals surface area contributed by atoms with Crippen molar-refractivity contribution in [2.45, 2.75) is 12.1 Å². The molecule has 2 N–H and O–H groups in total. The van der Waals surface area contributed by atoms with Gasteiger partial charge in [0.1, 0.15) is 0 Å². The summed E-state index contributed by atoms with van der Waals surface area (Å²) in [5, 5.41) is 0. The van der Waals surface area contributed by atoms with Crippen molar-refractivity contribution >= 4 is 25.7 Å². The van der Waals surface area contributed by atoms with E-state index in [9.17, 15) is 16.8 Å².